The van der Waals surface area contributed by atoms with Gasteiger partial charge in [0, 0.05) is 28.1 Å². The van der Waals surface area contributed by atoms with Crippen molar-refractivity contribution in [2.75, 3.05) is 25.0 Å². The molecule has 2 heterocycles. The average Bonchev–Trinajstić information content (AvgIpc) is 2.85. The van der Waals surface area contributed by atoms with Crippen LogP contribution in [-0.4, -0.2) is 36.2 Å². The molecule has 0 N–H and O–H groups in total. The summed E-state index contributed by atoms with van der Waals surface area (Å²) in [5, 5.41) is 0.523. The standard InChI is InChI=1S/C18H21ClN2OS2/c1-13-9-10-21(15-5-3-4-6-16(15)23-13)18(22)12-20(2)11-14-7-8-17(19)24-14/h3-8,13H,9-12H2,1-2H3. The number of amides is 1. The molecule has 0 saturated heterocycles. The Hall–Kier alpha value is -1.01. The molecule has 1 amide bonds. The fourth-order valence-electron chi connectivity index (χ4n) is 2.82. The number of thiophene rings is 1. The molecule has 24 heavy (non-hydrogen) atoms. The lowest BCUT2D eigenvalue weighted by atomic mass is 10.2. The molecule has 1 aliphatic rings. The SMILES string of the molecule is CC1CCN(C(=O)CN(C)Cc2ccc(Cl)s2)c2ccccc2S1. The van der Waals surface area contributed by atoms with Gasteiger partial charge in [0.1, 0.15) is 0 Å². The number of carbonyl (C=O) groups excluding carboxylic acids is 1. The fourth-order valence-corrected chi connectivity index (χ4v) is 5.10. The van der Waals surface area contributed by atoms with Gasteiger partial charge in [-0.15, -0.1) is 23.1 Å². The molecular weight excluding hydrogens is 360 g/mol. The highest BCUT2D eigenvalue weighted by Crippen LogP contribution is 2.37. The summed E-state index contributed by atoms with van der Waals surface area (Å²) in [5.41, 5.74) is 1.05. The first-order valence-corrected chi connectivity index (χ1v) is 10.1. The van der Waals surface area contributed by atoms with Crippen molar-refractivity contribution < 1.29 is 4.79 Å². The summed E-state index contributed by atoms with van der Waals surface area (Å²) in [4.78, 5) is 19.3. The number of nitrogens with zero attached hydrogens (tertiary/aromatic N) is 2. The molecule has 0 spiro atoms. The van der Waals surface area contributed by atoms with Crippen LogP contribution in [0.3, 0.4) is 0 Å². The van der Waals surface area contributed by atoms with Crippen LogP contribution in [0.4, 0.5) is 5.69 Å². The largest absolute Gasteiger partial charge is 0.310 e. The number of para-hydroxylation sites is 1. The minimum atomic E-state index is 0.155. The van der Waals surface area contributed by atoms with E-state index in [1.54, 1.807) is 11.3 Å². The molecule has 0 bridgehead atoms. The summed E-state index contributed by atoms with van der Waals surface area (Å²) in [6, 6.07) is 12.1. The molecule has 1 atom stereocenters. The van der Waals surface area contributed by atoms with Gasteiger partial charge in [-0.2, -0.15) is 0 Å². The Morgan fingerprint density at radius 1 is 1.33 bits per heavy atom. The lowest BCUT2D eigenvalue weighted by Gasteiger charge is -2.25. The highest BCUT2D eigenvalue weighted by molar-refractivity contribution is 8.00. The maximum Gasteiger partial charge on any atom is 0.241 e. The summed E-state index contributed by atoms with van der Waals surface area (Å²) in [6.07, 6.45) is 1.01. The summed E-state index contributed by atoms with van der Waals surface area (Å²) in [6.45, 7) is 4.15. The summed E-state index contributed by atoms with van der Waals surface area (Å²) in [5.74, 6) is 0.155. The van der Waals surface area contributed by atoms with E-state index in [0.717, 1.165) is 29.5 Å². The van der Waals surface area contributed by atoms with Crippen LogP contribution in [0, 0.1) is 0 Å². The Balaban J connectivity index is 1.70. The van der Waals surface area contributed by atoms with Gasteiger partial charge in [-0.05, 0) is 37.7 Å². The molecule has 1 aromatic heterocycles. The predicted octanol–water partition coefficient (Wildman–Crippen LogP) is 4.75. The first-order valence-electron chi connectivity index (χ1n) is 8.02. The van der Waals surface area contributed by atoms with Crippen LogP contribution in [-0.2, 0) is 11.3 Å². The number of thioether (sulfide) groups is 1. The first-order chi connectivity index (χ1) is 11.5. The number of benzene rings is 1. The van der Waals surface area contributed by atoms with E-state index in [9.17, 15) is 4.79 Å². The first kappa shape index (κ1) is 17.8. The number of halogens is 1. The van der Waals surface area contributed by atoms with Gasteiger partial charge in [0.05, 0.1) is 16.6 Å². The molecule has 0 aliphatic carbocycles. The van der Waals surface area contributed by atoms with Gasteiger partial charge >= 0.3 is 0 Å². The van der Waals surface area contributed by atoms with E-state index >= 15 is 0 Å². The van der Waals surface area contributed by atoms with Crippen molar-refractivity contribution in [1.29, 1.82) is 0 Å². The Bertz CT molecular complexity index is 719. The van der Waals surface area contributed by atoms with E-state index in [4.69, 9.17) is 11.6 Å². The Morgan fingerprint density at radius 2 is 2.12 bits per heavy atom. The highest BCUT2D eigenvalue weighted by Gasteiger charge is 2.24. The summed E-state index contributed by atoms with van der Waals surface area (Å²) in [7, 11) is 1.98. The number of anilines is 1. The molecule has 3 rings (SSSR count). The van der Waals surface area contributed by atoms with Crippen LogP contribution in [0.5, 0.6) is 0 Å². The average molecular weight is 381 g/mol. The fraction of sp³-hybridized carbons (Fsp3) is 0.389. The molecular formula is C18H21ClN2OS2. The smallest absolute Gasteiger partial charge is 0.241 e. The lowest BCUT2D eigenvalue weighted by Crippen LogP contribution is -2.39. The lowest BCUT2D eigenvalue weighted by molar-refractivity contribution is -0.119. The third-order valence-electron chi connectivity index (χ3n) is 4.00. The minimum absolute atomic E-state index is 0.155. The van der Waals surface area contributed by atoms with E-state index in [2.05, 4.69) is 24.0 Å². The number of hydrogen-bond donors (Lipinski definition) is 0. The molecule has 1 aliphatic heterocycles. The zero-order valence-electron chi connectivity index (χ0n) is 13.9. The molecule has 3 nitrogen and oxygen atoms in total. The minimum Gasteiger partial charge on any atom is -0.310 e. The molecule has 1 unspecified atom stereocenters. The Kier molecular flexibility index (Phi) is 5.87. The monoisotopic (exact) mass is 380 g/mol. The topological polar surface area (TPSA) is 23.6 Å². The zero-order chi connectivity index (χ0) is 17.1. The molecule has 128 valence electrons. The van der Waals surface area contributed by atoms with E-state index in [-0.39, 0.29) is 5.91 Å². The number of likely N-dealkylation sites (N-methyl/N-ethyl adjacent to an activating group) is 1. The van der Waals surface area contributed by atoms with Crippen molar-refractivity contribution in [2.45, 2.75) is 30.0 Å². The molecule has 0 fully saturated rings. The number of rotatable bonds is 4. The molecule has 0 saturated carbocycles. The van der Waals surface area contributed by atoms with Crippen LogP contribution in [0.1, 0.15) is 18.2 Å². The van der Waals surface area contributed by atoms with Crippen molar-refractivity contribution in [2.24, 2.45) is 0 Å². The second-order valence-corrected chi connectivity index (χ2v) is 9.39. The van der Waals surface area contributed by atoms with Crippen molar-refractivity contribution >= 4 is 46.3 Å². The highest BCUT2D eigenvalue weighted by atomic mass is 35.5. The third-order valence-corrected chi connectivity index (χ3v) is 6.46. The van der Waals surface area contributed by atoms with E-state index < -0.39 is 0 Å². The van der Waals surface area contributed by atoms with Crippen LogP contribution < -0.4 is 4.90 Å². The van der Waals surface area contributed by atoms with Gasteiger partial charge in [-0.3, -0.25) is 9.69 Å². The van der Waals surface area contributed by atoms with Crippen LogP contribution in [0.2, 0.25) is 4.34 Å². The predicted molar refractivity (Wildman–Crippen MR) is 104 cm³/mol. The Morgan fingerprint density at radius 3 is 2.88 bits per heavy atom. The van der Waals surface area contributed by atoms with E-state index in [0.29, 0.717) is 11.8 Å². The second kappa shape index (κ2) is 7.91. The van der Waals surface area contributed by atoms with Gasteiger partial charge in [-0.1, -0.05) is 30.7 Å². The zero-order valence-corrected chi connectivity index (χ0v) is 16.3. The number of fused-ring (bicyclic) bond motifs is 1. The maximum absolute atomic E-state index is 12.9. The van der Waals surface area contributed by atoms with Crippen LogP contribution >= 0.6 is 34.7 Å². The quantitative estimate of drug-likeness (QED) is 0.764. The van der Waals surface area contributed by atoms with Crippen molar-refractivity contribution in [3.8, 4) is 0 Å². The van der Waals surface area contributed by atoms with Crippen molar-refractivity contribution in [3.63, 3.8) is 0 Å². The molecule has 6 heteroatoms. The number of hydrogen-bond acceptors (Lipinski definition) is 4. The van der Waals surface area contributed by atoms with Crippen molar-refractivity contribution in [3.05, 3.63) is 45.6 Å². The van der Waals surface area contributed by atoms with E-state index in [1.165, 1.54) is 9.77 Å². The van der Waals surface area contributed by atoms with Crippen molar-refractivity contribution in [1.82, 2.24) is 4.90 Å². The van der Waals surface area contributed by atoms with Gasteiger partial charge in [0.25, 0.3) is 0 Å². The van der Waals surface area contributed by atoms with Crippen LogP contribution in [0.15, 0.2) is 41.3 Å². The second-order valence-electron chi connectivity index (χ2n) is 6.11. The normalized spacial score (nSPS) is 17.7. The van der Waals surface area contributed by atoms with Crippen LogP contribution in [0.25, 0.3) is 0 Å². The molecule has 2 aromatic rings. The Labute approximate surface area is 156 Å². The number of carbonyl (C=O) groups is 1. The molecule has 1 aromatic carbocycles. The summed E-state index contributed by atoms with van der Waals surface area (Å²) < 4.78 is 0.789. The third kappa shape index (κ3) is 4.33. The van der Waals surface area contributed by atoms with Gasteiger partial charge in [-0.25, -0.2) is 0 Å². The van der Waals surface area contributed by atoms with Gasteiger partial charge in [0.15, 0.2) is 0 Å². The van der Waals surface area contributed by atoms with E-state index in [1.807, 2.05) is 48.0 Å². The summed E-state index contributed by atoms with van der Waals surface area (Å²) >= 11 is 9.41. The van der Waals surface area contributed by atoms with Gasteiger partial charge in [0.2, 0.25) is 5.91 Å². The molecule has 0 radical (unpaired) electrons. The maximum atomic E-state index is 12.9. The van der Waals surface area contributed by atoms with Gasteiger partial charge < -0.3 is 4.90 Å².